The largest absolute Gasteiger partial charge is 0.490 e. The van der Waals surface area contributed by atoms with Gasteiger partial charge in [-0.3, -0.25) is 0 Å². The van der Waals surface area contributed by atoms with E-state index in [0.29, 0.717) is 17.4 Å². The van der Waals surface area contributed by atoms with Crippen LogP contribution in [0.5, 0.6) is 5.75 Å². The summed E-state index contributed by atoms with van der Waals surface area (Å²) in [6.07, 6.45) is 3.29. The first-order valence-corrected chi connectivity index (χ1v) is 6.32. The van der Waals surface area contributed by atoms with E-state index >= 15 is 0 Å². The Kier molecular flexibility index (Phi) is 4.06. The maximum Gasteiger partial charge on any atom is 0.205 e. The third-order valence-electron chi connectivity index (χ3n) is 3.18. The highest BCUT2D eigenvalue weighted by Gasteiger charge is 2.29. The average Bonchev–Trinajstić information content (AvgIpc) is 2.37. The lowest BCUT2D eigenvalue weighted by atomic mass is 9.94. The van der Waals surface area contributed by atoms with Gasteiger partial charge in [0.1, 0.15) is 6.33 Å². The molecule has 2 heterocycles. The van der Waals surface area contributed by atoms with Gasteiger partial charge in [-0.25, -0.2) is 15.8 Å². The third-order valence-corrected chi connectivity index (χ3v) is 3.18. The number of aromatic nitrogens is 2. The number of hydrogen-bond acceptors (Lipinski definition) is 7. The van der Waals surface area contributed by atoms with Crippen molar-refractivity contribution in [1.29, 1.82) is 0 Å². The predicted molar refractivity (Wildman–Crippen MR) is 73.1 cm³/mol. The zero-order valence-electron chi connectivity index (χ0n) is 11.6. The van der Waals surface area contributed by atoms with Crippen molar-refractivity contribution in [3.63, 3.8) is 0 Å². The van der Waals surface area contributed by atoms with Gasteiger partial charge in [-0.2, -0.15) is 0 Å². The molecule has 7 heteroatoms. The Hall–Kier alpha value is -1.60. The van der Waals surface area contributed by atoms with Crippen LogP contribution in [-0.2, 0) is 4.74 Å². The quantitative estimate of drug-likeness (QED) is 0.556. The molecule has 0 spiro atoms. The Balaban J connectivity index is 2.14. The van der Waals surface area contributed by atoms with E-state index < -0.39 is 0 Å². The first-order valence-electron chi connectivity index (χ1n) is 6.32. The molecular formula is C12H21N5O2. The van der Waals surface area contributed by atoms with Gasteiger partial charge in [0.25, 0.3) is 0 Å². The highest BCUT2D eigenvalue weighted by molar-refractivity contribution is 5.63. The van der Waals surface area contributed by atoms with Crippen molar-refractivity contribution in [3.8, 4) is 5.75 Å². The minimum Gasteiger partial charge on any atom is -0.490 e. The molecule has 0 saturated carbocycles. The number of nitrogens with one attached hydrogen (secondary N) is 2. The second-order valence-corrected chi connectivity index (χ2v) is 5.19. The van der Waals surface area contributed by atoms with Crippen LogP contribution in [0.15, 0.2) is 6.33 Å². The molecule has 1 aromatic rings. The monoisotopic (exact) mass is 267 g/mol. The molecule has 19 heavy (non-hydrogen) atoms. The Bertz CT molecular complexity index is 438. The van der Waals surface area contributed by atoms with Crippen molar-refractivity contribution in [1.82, 2.24) is 9.97 Å². The van der Waals surface area contributed by atoms with Gasteiger partial charge in [0.05, 0.1) is 12.7 Å². The summed E-state index contributed by atoms with van der Waals surface area (Å²) >= 11 is 0. The van der Waals surface area contributed by atoms with Crippen molar-refractivity contribution in [2.45, 2.75) is 38.3 Å². The maximum absolute atomic E-state index is 5.70. The molecule has 0 bridgehead atoms. The lowest BCUT2D eigenvalue weighted by molar-refractivity contribution is -0.0553. The molecule has 1 aromatic heterocycles. The summed E-state index contributed by atoms with van der Waals surface area (Å²) in [6.45, 7) is 4.91. The molecule has 1 unspecified atom stereocenters. The normalized spacial score (nSPS) is 21.8. The van der Waals surface area contributed by atoms with E-state index in [2.05, 4.69) is 34.6 Å². The first-order chi connectivity index (χ1) is 9.05. The van der Waals surface area contributed by atoms with Gasteiger partial charge in [0.2, 0.25) is 5.75 Å². The van der Waals surface area contributed by atoms with Crippen molar-refractivity contribution in [2.24, 2.45) is 5.84 Å². The molecule has 0 radical (unpaired) electrons. The van der Waals surface area contributed by atoms with Crippen LogP contribution in [-0.4, -0.2) is 35.3 Å². The Morgan fingerprint density at radius 3 is 2.79 bits per heavy atom. The number of methoxy groups -OCH3 is 1. The number of anilines is 2. The van der Waals surface area contributed by atoms with Crippen LogP contribution >= 0.6 is 0 Å². The van der Waals surface area contributed by atoms with E-state index in [1.54, 1.807) is 7.11 Å². The molecule has 0 amide bonds. The fourth-order valence-electron chi connectivity index (χ4n) is 2.32. The molecular weight excluding hydrogens is 246 g/mol. The highest BCUT2D eigenvalue weighted by Crippen LogP contribution is 2.32. The molecule has 0 aliphatic carbocycles. The van der Waals surface area contributed by atoms with Gasteiger partial charge < -0.3 is 20.2 Å². The molecule has 7 nitrogen and oxygen atoms in total. The number of rotatable bonds is 4. The second-order valence-electron chi connectivity index (χ2n) is 5.19. The fraction of sp³-hybridized carbons (Fsp3) is 0.667. The van der Waals surface area contributed by atoms with Crippen LogP contribution in [0.3, 0.4) is 0 Å². The SMILES string of the molecule is COc1c(NN)ncnc1NC1CCOC(C)(C)C1. The number of nitrogens with zero attached hydrogens (tertiary/aromatic N) is 2. The van der Waals surface area contributed by atoms with Crippen LogP contribution in [0.2, 0.25) is 0 Å². The van der Waals surface area contributed by atoms with Crippen molar-refractivity contribution in [3.05, 3.63) is 6.33 Å². The van der Waals surface area contributed by atoms with E-state index in [-0.39, 0.29) is 11.6 Å². The lowest BCUT2D eigenvalue weighted by Crippen LogP contribution is -2.40. The topological polar surface area (TPSA) is 94.3 Å². The van der Waals surface area contributed by atoms with Crippen LogP contribution < -0.4 is 21.3 Å². The number of nitrogen functional groups attached to an aromatic ring is 1. The summed E-state index contributed by atoms with van der Waals surface area (Å²) in [6, 6.07) is 0.290. The second kappa shape index (κ2) is 5.58. The summed E-state index contributed by atoms with van der Waals surface area (Å²) in [5, 5.41) is 3.38. The van der Waals surface area contributed by atoms with Gasteiger partial charge in [0, 0.05) is 12.6 Å². The van der Waals surface area contributed by atoms with Crippen molar-refractivity contribution < 1.29 is 9.47 Å². The summed E-state index contributed by atoms with van der Waals surface area (Å²) in [5.41, 5.74) is 2.38. The number of nitrogens with two attached hydrogens (primary N) is 1. The molecule has 2 rings (SSSR count). The van der Waals surface area contributed by atoms with Gasteiger partial charge >= 0.3 is 0 Å². The Morgan fingerprint density at radius 1 is 1.42 bits per heavy atom. The van der Waals surface area contributed by atoms with E-state index in [1.165, 1.54) is 6.33 Å². The van der Waals surface area contributed by atoms with Crippen LogP contribution in [0.25, 0.3) is 0 Å². The molecule has 1 saturated heterocycles. The lowest BCUT2D eigenvalue weighted by Gasteiger charge is -2.36. The smallest absolute Gasteiger partial charge is 0.205 e. The summed E-state index contributed by atoms with van der Waals surface area (Å²) < 4.78 is 11.0. The van der Waals surface area contributed by atoms with Crippen LogP contribution in [0, 0.1) is 0 Å². The summed E-state index contributed by atoms with van der Waals surface area (Å²) in [7, 11) is 1.57. The van der Waals surface area contributed by atoms with E-state index in [1.807, 2.05) is 0 Å². The number of hydrazine groups is 1. The molecule has 1 aliphatic heterocycles. The zero-order chi connectivity index (χ0) is 13.9. The van der Waals surface area contributed by atoms with Gasteiger partial charge in [-0.15, -0.1) is 0 Å². The van der Waals surface area contributed by atoms with E-state index in [4.69, 9.17) is 15.3 Å². The van der Waals surface area contributed by atoms with Crippen molar-refractivity contribution >= 4 is 11.6 Å². The first kappa shape index (κ1) is 13.8. The molecule has 0 aromatic carbocycles. The molecule has 4 N–H and O–H groups in total. The van der Waals surface area contributed by atoms with Gasteiger partial charge in [0.15, 0.2) is 11.6 Å². The standard InChI is InChI=1S/C12H21N5O2/c1-12(2)6-8(4-5-19-12)16-10-9(18-3)11(17-13)15-7-14-10/h7-8H,4-6,13H2,1-3H3,(H2,14,15,16,17). The molecule has 1 fully saturated rings. The Morgan fingerprint density at radius 2 is 2.16 bits per heavy atom. The predicted octanol–water partition coefficient (Wildman–Crippen LogP) is 1.14. The number of ether oxygens (including phenoxy) is 2. The van der Waals surface area contributed by atoms with Crippen molar-refractivity contribution in [2.75, 3.05) is 24.5 Å². The summed E-state index contributed by atoms with van der Waals surface area (Å²) in [4.78, 5) is 8.23. The zero-order valence-corrected chi connectivity index (χ0v) is 11.6. The van der Waals surface area contributed by atoms with Gasteiger partial charge in [-0.05, 0) is 26.7 Å². The third kappa shape index (κ3) is 3.24. The molecule has 1 atom stereocenters. The van der Waals surface area contributed by atoms with Gasteiger partial charge in [-0.1, -0.05) is 0 Å². The minimum atomic E-state index is -0.120. The van der Waals surface area contributed by atoms with Crippen LogP contribution in [0.4, 0.5) is 11.6 Å². The molecule has 1 aliphatic rings. The average molecular weight is 267 g/mol. The fourth-order valence-corrected chi connectivity index (χ4v) is 2.32. The van der Waals surface area contributed by atoms with Crippen LogP contribution in [0.1, 0.15) is 26.7 Å². The van der Waals surface area contributed by atoms with E-state index in [9.17, 15) is 0 Å². The van der Waals surface area contributed by atoms with E-state index in [0.717, 1.165) is 19.4 Å². The minimum absolute atomic E-state index is 0.120. The number of hydrogen-bond donors (Lipinski definition) is 3. The Labute approximate surface area is 112 Å². The highest BCUT2D eigenvalue weighted by atomic mass is 16.5. The maximum atomic E-state index is 5.70. The molecule has 106 valence electrons. The summed E-state index contributed by atoms with van der Waals surface area (Å²) in [5.74, 6) is 7.04.